The van der Waals surface area contributed by atoms with Gasteiger partial charge in [0.2, 0.25) is 11.9 Å². The number of anilines is 1. The summed E-state index contributed by atoms with van der Waals surface area (Å²) < 4.78 is 12.6. The SMILES string of the molecule is O=C(CCC1CCNCC1)Nc1ccc(F)nc1. The molecule has 0 unspecified atom stereocenters. The summed E-state index contributed by atoms with van der Waals surface area (Å²) in [5, 5.41) is 6.03. The fourth-order valence-corrected chi connectivity index (χ4v) is 2.18. The average Bonchev–Trinajstić information content (AvgIpc) is 2.40. The van der Waals surface area contributed by atoms with Gasteiger partial charge in [-0.25, -0.2) is 4.98 Å². The maximum absolute atomic E-state index is 12.6. The van der Waals surface area contributed by atoms with Gasteiger partial charge in [0.15, 0.2) is 0 Å². The highest BCUT2D eigenvalue weighted by atomic mass is 19.1. The predicted octanol–water partition coefficient (Wildman–Crippen LogP) is 1.94. The lowest BCUT2D eigenvalue weighted by atomic mass is 9.93. The number of amides is 1. The Morgan fingerprint density at radius 3 is 2.89 bits per heavy atom. The Labute approximate surface area is 106 Å². The van der Waals surface area contributed by atoms with Crippen LogP contribution in [-0.2, 0) is 4.79 Å². The molecule has 1 saturated heterocycles. The fraction of sp³-hybridized carbons (Fsp3) is 0.538. The van der Waals surface area contributed by atoms with E-state index in [2.05, 4.69) is 15.6 Å². The molecule has 1 aliphatic heterocycles. The molecular weight excluding hydrogens is 233 g/mol. The van der Waals surface area contributed by atoms with Crippen LogP contribution in [0.5, 0.6) is 0 Å². The number of nitrogens with zero attached hydrogens (tertiary/aromatic N) is 1. The van der Waals surface area contributed by atoms with Crippen molar-refractivity contribution in [2.75, 3.05) is 18.4 Å². The minimum Gasteiger partial charge on any atom is -0.325 e. The Hall–Kier alpha value is -1.49. The van der Waals surface area contributed by atoms with Crippen molar-refractivity contribution >= 4 is 11.6 Å². The number of hydrogen-bond donors (Lipinski definition) is 2. The van der Waals surface area contributed by atoms with Crippen LogP contribution in [-0.4, -0.2) is 24.0 Å². The number of rotatable bonds is 4. The second-order valence-electron chi connectivity index (χ2n) is 4.65. The zero-order valence-electron chi connectivity index (χ0n) is 10.3. The first-order valence-electron chi connectivity index (χ1n) is 6.36. The first kappa shape index (κ1) is 13.0. The molecule has 5 heteroatoms. The molecule has 0 aliphatic carbocycles. The lowest BCUT2D eigenvalue weighted by Gasteiger charge is -2.22. The van der Waals surface area contributed by atoms with Crippen molar-refractivity contribution in [3.05, 3.63) is 24.3 Å². The van der Waals surface area contributed by atoms with E-state index in [1.807, 2.05) is 0 Å². The van der Waals surface area contributed by atoms with Crippen LogP contribution in [0.4, 0.5) is 10.1 Å². The summed E-state index contributed by atoms with van der Waals surface area (Å²) in [6.07, 6.45) is 5.05. The molecule has 18 heavy (non-hydrogen) atoms. The summed E-state index contributed by atoms with van der Waals surface area (Å²) in [6.45, 7) is 2.10. The van der Waals surface area contributed by atoms with Gasteiger partial charge in [0.25, 0.3) is 0 Å². The van der Waals surface area contributed by atoms with E-state index in [1.54, 1.807) is 0 Å². The molecule has 0 atom stereocenters. The molecule has 1 aromatic heterocycles. The Balaban J connectivity index is 1.73. The standard InChI is InChI=1S/C13H18FN3O/c14-12-3-2-11(9-16-12)17-13(18)4-1-10-5-7-15-8-6-10/h2-3,9-10,15H,1,4-8H2,(H,17,18). The molecule has 2 N–H and O–H groups in total. The maximum atomic E-state index is 12.6. The number of piperidine rings is 1. The van der Waals surface area contributed by atoms with Crippen LogP contribution in [0.1, 0.15) is 25.7 Å². The lowest BCUT2D eigenvalue weighted by Crippen LogP contribution is -2.28. The summed E-state index contributed by atoms with van der Waals surface area (Å²) in [7, 11) is 0. The van der Waals surface area contributed by atoms with Crippen molar-refractivity contribution in [2.24, 2.45) is 5.92 Å². The average molecular weight is 251 g/mol. The van der Waals surface area contributed by atoms with E-state index in [9.17, 15) is 9.18 Å². The van der Waals surface area contributed by atoms with E-state index in [1.165, 1.54) is 18.3 Å². The normalized spacial score (nSPS) is 16.5. The van der Waals surface area contributed by atoms with Crippen molar-refractivity contribution < 1.29 is 9.18 Å². The van der Waals surface area contributed by atoms with Gasteiger partial charge in [0.05, 0.1) is 11.9 Å². The Morgan fingerprint density at radius 1 is 1.44 bits per heavy atom. The van der Waals surface area contributed by atoms with E-state index in [-0.39, 0.29) is 5.91 Å². The van der Waals surface area contributed by atoms with Crippen molar-refractivity contribution in [1.82, 2.24) is 10.3 Å². The van der Waals surface area contributed by atoms with Crippen LogP contribution in [0.15, 0.2) is 18.3 Å². The molecule has 0 bridgehead atoms. The molecule has 1 aromatic rings. The van der Waals surface area contributed by atoms with E-state index < -0.39 is 5.95 Å². The van der Waals surface area contributed by atoms with E-state index >= 15 is 0 Å². The van der Waals surface area contributed by atoms with Crippen LogP contribution in [0.2, 0.25) is 0 Å². The van der Waals surface area contributed by atoms with E-state index in [0.29, 0.717) is 18.0 Å². The quantitative estimate of drug-likeness (QED) is 0.804. The van der Waals surface area contributed by atoms with Crippen LogP contribution in [0.3, 0.4) is 0 Å². The highest BCUT2D eigenvalue weighted by Crippen LogP contribution is 2.18. The molecule has 0 aromatic carbocycles. The van der Waals surface area contributed by atoms with E-state index in [0.717, 1.165) is 32.4 Å². The number of nitrogens with one attached hydrogen (secondary N) is 2. The van der Waals surface area contributed by atoms with Gasteiger partial charge in [0, 0.05) is 6.42 Å². The molecule has 1 amide bonds. The molecular formula is C13H18FN3O. The molecule has 1 aliphatic rings. The van der Waals surface area contributed by atoms with Crippen molar-refractivity contribution in [1.29, 1.82) is 0 Å². The number of carbonyl (C=O) groups is 1. The molecule has 0 radical (unpaired) electrons. The summed E-state index contributed by atoms with van der Waals surface area (Å²) in [5.41, 5.74) is 0.548. The molecule has 1 fully saturated rings. The van der Waals surface area contributed by atoms with Crippen molar-refractivity contribution in [2.45, 2.75) is 25.7 Å². The summed E-state index contributed by atoms with van der Waals surface area (Å²) in [5.74, 6) is 0.0768. The zero-order valence-corrected chi connectivity index (χ0v) is 10.3. The van der Waals surface area contributed by atoms with Gasteiger partial charge in [0.1, 0.15) is 0 Å². The van der Waals surface area contributed by atoms with Crippen LogP contribution in [0.25, 0.3) is 0 Å². The Morgan fingerprint density at radius 2 is 2.22 bits per heavy atom. The lowest BCUT2D eigenvalue weighted by molar-refractivity contribution is -0.116. The molecule has 0 saturated carbocycles. The van der Waals surface area contributed by atoms with Gasteiger partial charge in [-0.05, 0) is 50.4 Å². The second kappa shape index (κ2) is 6.44. The number of pyridine rings is 1. The Bertz CT molecular complexity index is 388. The molecule has 2 heterocycles. The van der Waals surface area contributed by atoms with Crippen molar-refractivity contribution in [3.63, 3.8) is 0 Å². The summed E-state index contributed by atoms with van der Waals surface area (Å²) >= 11 is 0. The minimum atomic E-state index is -0.539. The van der Waals surface area contributed by atoms with Crippen LogP contribution in [0, 0.1) is 11.9 Å². The van der Waals surface area contributed by atoms with Gasteiger partial charge < -0.3 is 10.6 Å². The third-order valence-electron chi connectivity index (χ3n) is 3.25. The maximum Gasteiger partial charge on any atom is 0.224 e. The molecule has 2 rings (SSSR count). The first-order valence-corrected chi connectivity index (χ1v) is 6.36. The van der Waals surface area contributed by atoms with Crippen molar-refractivity contribution in [3.8, 4) is 0 Å². The van der Waals surface area contributed by atoms with Gasteiger partial charge in [-0.1, -0.05) is 0 Å². The van der Waals surface area contributed by atoms with Gasteiger partial charge in [-0.3, -0.25) is 4.79 Å². The zero-order chi connectivity index (χ0) is 12.8. The van der Waals surface area contributed by atoms with E-state index in [4.69, 9.17) is 0 Å². The fourth-order valence-electron chi connectivity index (χ4n) is 2.18. The minimum absolute atomic E-state index is 0.0260. The van der Waals surface area contributed by atoms with Crippen LogP contribution < -0.4 is 10.6 Å². The largest absolute Gasteiger partial charge is 0.325 e. The smallest absolute Gasteiger partial charge is 0.224 e. The monoisotopic (exact) mass is 251 g/mol. The molecule has 98 valence electrons. The number of aromatic nitrogens is 1. The third-order valence-corrected chi connectivity index (χ3v) is 3.25. The predicted molar refractivity (Wildman–Crippen MR) is 67.7 cm³/mol. The number of hydrogen-bond acceptors (Lipinski definition) is 3. The number of carbonyl (C=O) groups excluding carboxylic acids is 1. The van der Waals surface area contributed by atoms with Gasteiger partial charge in [-0.15, -0.1) is 0 Å². The number of halogens is 1. The van der Waals surface area contributed by atoms with Crippen LogP contribution >= 0.6 is 0 Å². The highest BCUT2D eigenvalue weighted by Gasteiger charge is 2.14. The topological polar surface area (TPSA) is 54.0 Å². The summed E-state index contributed by atoms with van der Waals surface area (Å²) in [6, 6.07) is 2.76. The second-order valence-corrected chi connectivity index (χ2v) is 4.65. The first-order chi connectivity index (χ1) is 8.74. The summed E-state index contributed by atoms with van der Waals surface area (Å²) in [4.78, 5) is 15.2. The highest BCUT2D eigenvalue weighted by molar-refractivity contribution is 5.90. The molecule has 4 nitrogen and oxygen atoms in total. The van der Waals surface area contributed by atoms with Gasteiger partial charge >= 0.3 is 0 Å². The molecule has 0 spiro atoms. The third kappa shape index (κ3) is 4.07. The Kier molecular flexibility index (Phi) is 4.64. The van der Waals surface area contributed by atoms with Gasteiger partial charge in [-0.2, -0.15) is 4.39 Å².